The molecule has 0 saturated heterocycles. The molecule has 0 amide bonds. The van der Waals surface area contributed by atoms with Gasteiger partial charge in [0.05, 0.1) is 17.4 Å². The van der Waals surface area contributed by atoms with E-state index < -0.39 is 0 Å². The van der Waals surface area contributed by atoms with Crippen LogP contribution in [0.4, 0.5) is 11.5 Å². The highest BCUT2D eigenvalue weighted by Crippen LogP contribution is 2.26. The van der Waals surface area contributed by atoms with Crippen molar-refractivity contribution in [2.24, 2.45) is 0 Å². The monoisotopic (exact) mass is 235 g/mol. The highest BCUT2D eigenvalue weighted by atomic mass is 15.2. The van der Waals surface area contributed by atoms with E-state index in [4.69, 9.17) is 10.5 Å². The predicted molar refractivity (Wildman–Crippen MR) is 66.0 cm³/mol. The Labute approximate surface area is 105 Å². The molecule has 2 rings (SSSR count). The fourth-order valence-corrected chi connectivity index (χ4v) is 1.64. The molecule has 0 fully saturated rings. The molecule has 0 N–H and O–H groups in total. The van der Waals surface area contributed by atoms with E-state index in [-0.39, 0.29) is 0 Å². The first-order valence-electron chi connectivity index (χ1n) is 5.21. The van der Waals surface area contributed by atoms with Crippen molar-refractivity contribution in [3.8, 4) is 12.1 Å². The van der Waals surface area contributed by atoms with Gasteiger partial charge in [-0.15, -0.1) is 0 Å². The molecule has 86 valence electrons. The Hall–Kier alpha value is -2.92. The summed E-state index contributed by atoms with van der Waals surface area (Å²) in [5, 5.41) is 18.1. The number of nitriles is 2. The quantitative estimate of drug-likeness (QED) is 0.795. The molecule has 0 spiro atoms. The topological polar surface area (TPSA) is 76.6 Å². The molecule has 0 aliphatic heterocycles. The van der Waals surface area contributed by atoms with Crippen LogP contribution < -0.4 is 4.90 Å². The minimum absolute atomic E-state index is 0.368. The zero-order valence-electron chi connectivity index (χ0n) is 9.70. The van der Waals surface area contributed by atoms with Gasteiger partial charge in [0.2, 0.25) is 0 Å². The maximum absolute atomic E-state index is 9.07. The SMILES string of the molecule is CN(c1ccccc1C#N)c1ncncc1C#N. The number of aromatic nitrogens is 2. The third-order valence-electron chi connectivity index (χ3n) is 2.52. The zero-order chi connectivity index (χ0) is 13.0. The fourth-order valence-electron chi connectivity index (χ4n) is 1.64. The summed E-state index contributed by atoms with van der Waals surface area (Å²) in [6.07, 6.45) is 2.83. The van der Waals surface area contributed by atoms with Crippen LogP contribution in [-0.2, 0) is 0 Å². The van der Waals surface area contributed by atoms with Crippen molar-refractivity contribution in [3.05, 3.63) is 47.9 Å². The van der Waals surface area contributed by atoms with Crippen molar-refractivity contribution in [2.45, 2.75) is 0 Å². The van der Waals surface area contributed by atoms with Crippen LogP contribution in [0.3, 0.4) is 0 Å². The Morgan fingerprint density at radius 1 is 1.11 bits per heavy atom. The molecule has 5 nitrogen and oxygen atoms in total. The Morgan fingerprint density at radius 3 is 2.56 bits per heavy atom. The lowest BCUT2D eigenvalue weighted by atomic mass is 10.1. The highest BCUT2D eigenvalue weighted by Gasteiger charge is 2.13. The molecule has 0 saturated carbocycles. The molecule has 5 heteroatoms. The summed E-state index contributed by atoms with van der Waals surface area (Å²) in [5.74, 6) is 0.482. The summed E-state index contributed by atoms with van der Waals surface area (Å²) < 4.78 is 0. The smallest absolute Gasteiger partial charge is 0.154 e. The summed E-state index contributed by atoms with van der Waals surface area (Å²) in [6, 6.07) is 11.3. The number of nitrogens with zero attached hydrogens (tertiary/aromatic N) is 5. The van der Waals surface area contributed by atoms with E-state index in [0.29, 0.717) is 22.6 Å². The highest BCUT2D eigenvalue weighted by molar-refractivity contribution is 5.69. The number of hydrogen-bond acceptors (Lipinski definition) is 5. The van der Waals surface area contributed by atoms with Gasteiger partial charge in [0.1, 0.15) is 24.0 Å². The normalized spacial score (nSPS) is 9.28. The van der Waals surface area contributed by atoms with E-state index in [1.165, 1.54) is 12.5 Å². The van der Waals surface area contributed by atoms with Crippen LogP contribution in [0.25, 0.3) is 0 Å². The summed E-state index contributed by atoms with van der Waals surface area (Å²) in [6.45, 7) is 0. The molecule has 0 bridgehead atoms. The van der Waals surface area contributed by atoms with Gasteiger partial charge >= 0.3 is 0 Å². The number of hydrogen-bond donors (Lipinski definition) is 0. The molecule has 0 unspecified atom stereocenters. The second-order valence-electron chi connectivity index (χ2n) is 3.56. The summed E-state index contributed by atoms with van der Waals surface area (Å²) in [5.41, 5.74) is 1.60. The van der Waals surface area contributed by atoms with E-state index in [2.05, 4.69) is 16.0 Å². The van der Waals surface area contributed by atoms with Gasteiger partial charge in [-0.2, -0.15) is 10.5 Å². The lowest BCUT2D eigenvalue weighted by molar-refractivity contribution is 1.06. The van der Waals surface area contributed by atoms with E-state index in [1.807, 2.05) is 18.2 Å². The van der Waals surface area contributed by atoms with Crippen LogP contribution in [0.1, 0.15) is 11.1 Å². The number of anilines is 2. The van der Waals surface area contributed by atoms with Crippen LogP contribution in [0.15, 0.2) is 36.8 Å². The summed E-state index contributed by atoms with van der Waals surface area (Å²) in [4.78, 5) is 9.60. The number of benzene rings is 1. The van der Waals surface area contributed by atoms with Gasteiger partial charge in [-0.05, 0) is 12.1 Å². The molecule has 1 heterocycles. The molecule has 2 aromatic rings. The second kappa shape index (κ2) is 4.94. The van der Waals surface area contributed by atoms with Gasteiger partial charge < -0.3 is 4.90 Å². The molecule has 0 aliphatic rings. The lowest BCUT2D eigenvalue weighted by Gasteiger charge is -2.19. The Balaban J connectivity index is 2.53. The molecule has 0 atom stereocenters. The van der Waals surface area contributed by atoms with Gasteiger partial charge in [-0.25, -0.2) is 9.97 Å². The summed E-state index contributed by atoms with van der Waals surface area (Å²) in [7, 11) is 1.76. The van der Waals surface area contributed by atoms with Crippen molar-refractivity contribution < 1.29 is 0 Å². The second-order valence-corrected chi connectivity index (χ2v) is 3.56. The molecule has 1 aromatic heterocycles. The van der Waals surface area contributed by atoms with Crippen molar-refractivity contribution in [3.63, 3.8) is 0 Å². The van der Waals surface area contributed by atoms with E-state index >= 15 is 0 Å². The molecular formula is C13H9N5. The third-order valence-corrected chi connectivity index (χ3v) is 2.52. The zero-order valence-corrected chi connectivity index (χ0v) is 9.70. The maximum atomic E-state index is 9.07. The fraction of sp³-hybridized carbons (Fsp3) is 0.0769. The van der Waals surface area contributed by atoms with Crippen LogP contribution >= 0.6 is 0 Å². The molecule has 1 aromatic carbocycles. The van der Waals surface area contributed by atoms with E-state index in [9.17, 15) is 0 Å². The predicted octanol–water partition coefficient (Wildman–Crippen LogP) is 1.99. The van der Waals surface area contributed by atoms with Gasteiger partial charge in [0.15, 0.2) is 5.82 Å². The van der Waals surface area contributed by atoms with Crippen molar-refractivity contribution in [1.29, 1.82) is 10.5 Å². The van der Waals surface area contributed by atoms with Crippen LogP contribution in [0.2, 0.25) is 0 Å². The molecule has 0 radical (unpaired) electrons. The van der Waals surface area contributed by atoms with Crippen molar-refractivity contribution >= 4 is 11.5 Å². The Morgan fingerprint density at radius 2 is 1.83 bits per heavy atom. The summed E-state index contributed by atoms with van der Waals surface area (Å²) >= 11 is 0. The Kier molecular flexibility index (Phi) is 3.17. The molecule has 18 heavy (non-hydrogen) atoms. The van der Waals surface area contributed by atoms with Gasteiger partial charge in [-0.1, -0.05) is 12.1 Å². The maximum Gasteiger partial charge on any atom is 0.154 e. The van der Waals surface area contributed by atoms with Crippen LogP contribution in [-0.4, -0.2) is 17.0 Å². The standard InChI is InChI=1S/C13H9N5/c1-18(12-5-3-2-4-10(12)6-14)13-11(7-15)8-16-9-17-13/h2-5,8-9H,1H3. The third kappa shape index (κ3) is 1.98. The van der Waals surface area contributed by atoms with Crippen molar-refractivity contribution in [2.75, 3.05) is 11.9 Å². The van der Waals surface area contributed by atoms with Gasteiger partial charge in [0.25, 0.3) is 0 Å². The largest absolute Gasteiger partial charge is 0.327 e. The van der Waals surface area contributed by atoms with Gasteiger partial charge in [0, 0.05) is 7.05 Å². The molecular weight excluding hydrogens is 226 g/mol. The molecule has 0 aliphatic carbocycles. The average molecular weight is 235 g/mol. The van der Waals surface area contributed by atoms with Crippen LogP contribution in [0, 0.1) is 22.7 Å². The Bertz CT molecular complexity index is 593. The number of para-hydroxylation sites is 1. The van der Waals surface area contributed by atoms with E-state index in [1.54, 1.807) is 24.1 Å². The average Bonchev–Trinajstić information content (AvgIpc) is 2.46. The lowest BCUT2D eigenvalue weighted by Crippen LogP contribution is -2.14. The first kappa shape index (κ1) is 11.6. The van der Waals surface area contributed by atoms with E-state index in [0.717, 1.165) is 0 Å². The minimum Gasteiger partial charge on any atom is -0.327 e. The number of rotatable bonds is 2. The van der Waals surface area contributed by atoms with Crippen molar-refractivity contribution in [1.82, 2.24) is 9.97 Å². The minimum atomic E-state index is 0.368. The van der Waals surface area contributed by atoms with Gasteiger partial charge in [-0.3, -0.25) is 0 Å². The van der Waals surface area contributed by atoms with Crippen LogP contribution in [0.5, 0.6) is 0 Å². The first-order chi connectivity index (χ1) is 8.77. The first-order valence-corrected chi connectivity index (χ1v) is 5.21.